The maximum atomic E-state index is 12.1. The van der Waals surface area contributed by atoms with Gasteiger partial charge in [0.05, 0.1) is 4.88 Å². The molecule has 2 heterocycles. The third-order valence-electron chi connectivity index (χ3n) is 4.21. The van der Waals surface area contributed by atoms with E-state index in [0.717, 1.165) is 38.4 Å². The van der Waals surface area contributed by atoms with E-state index in [-0.39, 0.29) is 5.91 Å². The molecule has 1 aromatic carbocycles. The average molecular weight is 352 g/mol. The number of thiophene rings is 1. The van der Waals surface area contributed by atoms with E-state index in [1.54, 1.807) is 17.0 Å². The van der Waals surface area contributed by atoms with Gasteiger partial charge in [-0.2, -0.15) is 0 Å². The Morgan fingerprint density at radius 3 is 2.43 bits per heavy atom. The zero-order valence-corrected chi connectivity index (χ0v) is 14.6. The van der Waals surface area contributed by atoms with Gasteiger partial charge in [0.1, 0.15) is 32.7 Å². The molecule has 6 heteroatoms. The van der Waals surface area contributed by atoms with Crippen LogP contribution in [0.25, 0.3) is 0 Å². The standard InChI is InChI=1S/C17H20ClN3OS/c18-14-3-5-15(6-4-14)19-17(22)13-21-9-7-20(8-10-21)12-16-2-1-11-23-16/h1-6,11H,7-10,12-13H2,(H,19,22)/p+2. The van der Waals surface area contributed by atoms with Crippen molar-refractivity contribution in [3.63, 3.8) is 0 Å². The number of benzene rings is 1. The Bertz CT molecular complexity index is 622. The molecule has 23 heavy (non-hydrogen) atoms. The highest BCUT2D eigenvalue weighted by Crippen LogP contribution is 2.12. The molecule has 4 nitrogen and oxygen atoms in total. The van der Waals surface area contributed by atoms with E-state index in [0.29, 0.717) is 11.6 Å². The van der Waals surface area contributed by atoms with Crippen LogP contribution < -0.4 is 15.1 Å². The predicted octanol–water partition coefficient (Wildman–Crippen LogP) is 0.324. The number of carbonyl (C=O) groups is 1. The number of piperazine rings is 1. The molecular formula is C17H22ClN3OS+2. The quantitative estimate of drug-likeness (QED) is 0.713. The molecule has 1 fully saturated rings. The average Bonchev–Trinajstić information content (AvgIpc) is 3.04. The molecule has 1 saturated heterocycles. The molecule has 0 bridgehead atoms. The second-order valence-corrected chi connectivity index (χ2v) is 7.46. The molecule has 3 N–H and O–H groups in total. The van der Waals surface area contributed by atoms with E-state index in [4.69, 9.17) is 11.6 Å². The molecule has 1 amide bonds. The Morgan fingerprint density at radius 1 is 1.09 bits per heavy atom. The second-order valence-electron chi connectivity index (χ2n) is 5.99. The van der Waals surface area contributed by atoms with Crippen molar-refractivity contribution in [2.75, 3.05) is 38.0 Å². The first-order chi connectivity index (χ1) is 11.2. The fourth-order valence-electron chi connectivity index (χ4n) is 2.94. The molecule has 0 unspecified atom stereocenters. The Hall–Kier alpha value is -1.40. The van der Waals surface area contributed by atoms with Gasteiger partial charge in [0.15, 0.2) is 6.54 Å². The molecule has 2 aromatic rings. The summed E-state index contributed by atoms with van der Waals surface area (Å²) >= 11 is 7.68. The van der Waals surface area contributed by atoms with Crippen LogP contribution in [0.4, 0.5) is 5.69 Å². The van der Waals surface area contributed by atoms with Gasteiger partial charge in [0.2, 0.25) is 0 Å². The van der Waals surface area contributed by atoms with Gasteiger partial charge in [0, 0.05) is 10.7 Å². The van der Waals surface area contributed by atoms with Crippen molar-refractivity contribution in [1.29, 1.82) is 0 Å². The Morgan fingerprint density at radius 2 is 1.78 bits per heavy atom. The van der Waals surface area contributed by atoms with E-state index < -0.39 is 0 Å². The summed E-state index contributed by atoms with van der Waals surface area (Å²) in [5.41, 5.74) is 0.806. The van der Waals surface area contributed by atoms with Gasteiger partial charge in [-0.1, -0.05) is 17.7 Å². The zero-order valence-electron chi connectivity index (χ0n) is 13.0. The summed E-state index contributed by atoms with van der Waals surface area (Å²) in [5.74, 6) is 0.0732. The summed E-state index contributed by atoms with van der Waals surface area (Å²) in [4.78, 5) is 16.6. The third-order valence-corrected chi connectivity index (χ3v) is 5.34. The van der Waals surface area contributed by atoms with E-state index in [2.05, 4.69) is 22.8 Å². The monoisotopic (exact) mass is 351 g/mol. The first-order valence-corrected chi connectivity index (χ1v) is 9.20. The van der Waals surface area contributed by atoms with E-state index in [9.17, 15) is 4.79 Å². The minimum absolute atomic E-state index is 0.0732. The molecule has 1 aromatic heterocycles. The normalized spacial score (nSPS) is 21.1. The lowest BCUT2D eigenvalue weighted by Gasteiger charge is -2.29. The number of carbonyl (C=O) groups excluding carboxylic acids is 1. The van der Waals surface area contributed by atoms with E-state index in [1.165, 1.54) is 9.78 Å². The molecule has 3 rings (SSSR count). The summed E-state index contributed by atoms with van der Waals surface area (Å²) in [6, 6.07) is 11.6. The van der Waals surface area contributed by atoms with Crippen molar-refractivity contribution in [2.45, 2.75) is 6.54 Å². The highest BCUT2D eigenvalue weighted by Gasteiger charge is 2.25. The summed E-state index contributed by atoms with van der Waals surface area (Å²) in [7, 11) is 0. The van der Waals surface area contributed by atoms with Gasteiger partial charge < -0.3 is 15.1 Å². The molecule has 0 aliphatic carbocycles. The maximum absolute atomic E-state index is 12.1. The number of anilines is 1. The van der Waals surface area contributed by atoms with Crippen molar-refractivity contribution in [3.8, 4) is 0 Å². The van der Waals surface area contributed by atoms with Crippen LogP contribution in [0.2, 0.25) is 5.02 Å². The first kappa shape index (κ1) is 16.5. The van der Waals surface area contributed by atoms with Crippen molar-refractivity contribution < 1.29 is 14.6 Å². The molecule has 0 atom stereocenters. The van der Waals surface area contributed by atoms with Gasteiger partial charge in [-0.05, 0) is 35.7 Å². The smallest absolute Gasteiger partial charge is 0.279 e. The summed E-state index contributed by atoms with van der Waals surface area (Å²) in [6.45, 7) is 6.00. The molecule has 1 aliphatic rings. The van der Waals surface area contributed by atoms with Crippen LogP contribution in [-0.4, -0.2) is 38.6 Å². The third kappa shape index (κ3) is 5.04. The number of quaternary nitrogens is 2. The minimum Gasteiger partial charge on any atom is -0.321 e. The van der Waals surface area contributed by atoms with Gasteiger partial charge >= 0.3 is 0 Å². The topological polar surface area (TPSA) is 38.0 Å². The van der Waals surface area contributed by atoms with Crippen molar-refractivity contribution in [1.82, 2.24) is 0 Å². The highest BCUT2D eigenvalue weighted by molar-refractivity contribution is 7.09. The fraction of sp³-hybridized carbons (Fsp3) is 0.353. The van der Waals surface area contributed by atoms with E-state index in [1.807, 2.05) is 23.5 Å². The van der Waals surface area contributed by atoms with Crippen LogP contribution in [0.3, 0.4) is 0 Å². The number of nitrogens with one attached hydrogen (secondary N) is 3. The largest absolute Gasteiger partial charge is 0.321 e. The molecule has 0 radical (unpaired) electrons. The van der Waals surface area contributed by atoms with Gasteiger partial charge in [-0.15, -0.1) is 11.3 Å². The maximum Gasteiger partial charge on any atom is 0.279 e. The first-order valence-electron chi connectivity index (χ1n) is 7.94. The second kappa shape index (κ2) is 7.93. The zero-order chi connectivity index (χ0) is 16.1. The van der Waals surface area contributed by atoms with Gasteiger partial charge in [-0.25, -0.2) is 0 Å². The summed E-state index contributed by atoms with van der Waals surface area (Å²) in [6.07, 6.45) is 0. The molecule has 122 valence electrons. The number of hydrogen-bond acceptors (Lipinski definition) is 2. The summed E-state index contributed by atoms with van der Waals surface area (Å²) < 4.78 is 0. The summed E-state index contributed by atoms with van der Waals surface area (Å²) in [5, 5.41) is 5.76. The number of hydrogen-bond donors (Lipinski definition) is 3. The molecule has 0 saturated carbocycles. The Balaban J connectivity index is 1.41. The fourth-order valence-corrected chi connectivity index (χ4v) is 3.84. The highest BCUT2D eigenvalue weighted by atomic mass is 35.5. The van der Waals surface area contributed by atoms with Crippen LogP contribution in [-0.2, 0) is 11.3 Å². The number of rotatable bonds is 5. The lowest BCUT2D eigenvalue weighted by Crippen LogP contribution is -3.28. The van der Waals surface area contributed by atoms with Crippen molar-refractivity contribution in [2.24, 2.45) is 0 Å². The Kier molecular flexibility index (Phi) is 5.67. The predicted molar refractivity (Wildman–Crippen MR) is 94.4 cm³/mol. The SMILES string of the molecule is O=C(C[NH+]1CC[NH+](Cc2cccs2)CC1)Nc1ccc(Cl)cc1. The lowest BCUT2D eigenvalue weighted by atomic mass is 10.3. The van der Waals surface area contributed by atoms with Gasteiger partial charge in [-0.3, -0.25) is 4.79 Å². The molecule has 1 aliphatic heterocycles. The number of amides is 1. The van der Waals surface area contributed by atoms with Crippen LogP contribution in [0, 0.1) is 0 Å². The minimum atomic E-state index is 0.0732. The van der Waals surface area contributed by atoms with Crippen molar-refractivity contribution >= 4 is 34.5 Å². The molecular weight excluding hydrogens is 330 g/mol. The van der Waals surface area contributed by atoms with Crippen LogP contribution in [0.1, 0.15) is 4.88 Å². The van der Waals surface area contributed by atoms with Crippen LogP contribution in [0.5, 0.6) is 0 Å². The van der Waals surface area contributed by atoms with Gasteiger partial charge in [0.25, 0.3) is 5.91 Å². The van der Waals surface area contributed by atoms with E-state index >= 15 is 0 Å². The Labute approximate surface area is 145 Å². The number of halogens is 1. The van der Waals surface area contributed by atoms with Crippen LogP contribution in [0.15, 0.2) is 41.8 Å². The lowest BCUT2D eigenvalue weighted by molar-refractivity contribution is -1.01. The molecule has 0 spiro atoms. The van der Waals surface area contributed by atoms with Crippen LogP contribution >= 0.6 is 22.9 Å². The van der Waals surface area contributed by atoms with Crippen molar-refractivity contribution in [3.05, 3.63) is 51.7 Å².